The molecule has 0 radical (unpaired) electrons. The van der Waals surface area contributed by atoms with Crippen LogP contribution in [-0.2, 0) is 34.5 Å². The Morgan fingerprint density at radius 3 is 1.62 bits per heavy atom. The Labute approximate surface area is 191 Å². The lowest BCUT2D eigenvalue weighted by Crippen LogP contribution is -2.30. The summed E-state index contributed by atoms with van der Waals surface area (Å²) >= 11 is 0. The lowest BCUT2D eigenvalue weighted by molar-refractivity contribution is 0.181. The largest absolute Gasteiger partial charge is 0.507 e. The van der Waals surface area contributed by atoms with Crippen molar-refractivity contribution < 1.29 is 19.7 Å². The van der Waals surface area contributed by atoms with Crippen molar-refractivity contribution in [2.45, 2.75) is 52.2 Å². The van der Waals surface area contributed by atoms with Gasteiger partial charge in [0.15, 0.2) is 0 Å². The van der Waals surface area contributed by atoms with Crippen LogP contribution in [-0.4, -0.2) is 24.4 Å². The molecule has 0 saturated heterocycles. The maximum atomic E-state index is 10.6. The summed E-state index contributed by atoms with van der Waals surface area (Å²) in [7, 11) is 3.28. The van der Waals surface area contributed by atoms with Gasteiger partial charge in [-0.2, -0.15) is 0 Å². The molecule has 0 bridgehead atoms. The van der Waals surface area contributed by atoms with Crippen LogP contribution in [0.4, 0.5) is 0 Å². The summed E-state index contributed by atoms with van der Waals surface area (Å²) in [6, 6.07) is 18.7. The van der Waals surface area contributed by atoms with Gasteiger partial charge in [-0.05, 0) is 66.6 Å². The highest BCUT2D eigenvalue weighted by atomic mass is 16.5. The molecule has 0 spiro atoms. The topological polar surface area (TPSA) is 58.9 Å². The van der Waals surface area contributed by atoms with Crippen molar-refractivity contribution in [3.63, 3.8) is 0 Å². The number of methoxy groups -OCH3 is 2. The van der Waals surface area contributed by atoms with Crippen molar-refractivity contribution in [3.05, 3.63) is 93.5 Å². The van der Waals surface area contributed by atoms with Crippen molar-refractivity contribution in [2.75, 3.05) is 14.2 Å². The minimum atomic E-state index is -0.358. The van der Waals surface area contributed by atoms with Crippen LogP contribution < -0.4 is 0 Å². The molecule has 4 heteroatoms. The molecule has 0 saturated carbocycles. The number of aryl methyl sites for hydroxylation is 2. The third-order valence-electron chi connectivity index (χ3n) is 6.42. The molecule has 3 rings (SSSR count). The average molecular weight is 435 g/mol. The van der Waals surface area contributed by atoms with Gasteiger partial charge in [0.05, 0.1) is 13.2 Å². The van der Waals surface area contributed by atoms with Gasteiger partial charge in [-0.3, -0.25) is 0 Å². The van der Waals surface area contributed by atoms with E-state index in [9.17, 15) is 10.2 Å². The molecule has 0 heterocycles. The zero-order valence-corrected chi connectivity index (χ0v) is 19.7. The Morgan fingerprint density at radius 1 is 0.750 bits per heavy atom. The van der Waals surface area contributed by atoms with E-state index in [0.717, 1.165) is 46.2 Å². The summed E-state index contributed by atoms with van der Waals surface area (Å²) < 4.78 is 10.7. The summed E-state index contributed by atoms with van der Waals surface area (Å²) in [6.45, 7) is 6.74. The molecule has 170 valence electrons. The number of ether oxygens (including phenoxy) is 2. The van der Waals surface area contributed by atoms with Crippen LogP contribution in [0.1, 0.15) is 52.3 Å². The van der Waals surface area contributed by atoms with Crippen LogP contribution in [0.3, 0.4) is 0 Å². The van der Waals surface area contributed by atoms with Gasteiger partial charge in [-0.15, -0.1) is 0 Å². The van der Waals surface area contributed by atoms with E-state index >= 15 is 0 Å². The molecule has 32 heavy (non-hydrogen) atoms. The maximum absolute atomic E-state index is 10.6. The predicted molar refractivity (Wildman–Crippen MR) is 128 cm³/mol. The smallest absolute Gasteiger partial charge is 0.124 e. The highest BCUT2D eigenvalue weighted by Gasteiger charge is 2.35. The van der Waals surface area contributed by atoms with Crippen LogP contribution in [0.25, 0.3) is 0 Å². The predicted octanol–water partition coefficient (Wildman–Crippen LogP) is 5.95. The third-order valence-corrected chi connectivity index (χ3v) is 6.42. The molecule has 0 aliphatic rings. The van der Waals surface area contributed by atoms with E-state index in [-0.39, 0.29) is 16.9 Å². The molecule has 0 aliphatic carbocycles. The number of phenols is 2. The molecule has 3 aromatic carbocycles. The SMILES string of the molecule is CCC(Cc1ccccc1)(c1cc(C)c(O)c(COC)c1)c1cc(C)c(O)c(COC)c1. The number of rotatable bonds is 9. The van der Waals surface area contributed by atoms with Crippen LogP contribution >= 0.6 is 0 Å². The van der Waals surface area contributed by atoms with Gasteiger partial charge in [0.25, 0.3) is 0 Å². The molecular formula is C28H34O4. The van der Waals surface area contributed by atoms with Gasteiger partial charge in [0.1, 0.15) is 11.5 Å². The van der Waals surface area contributed by atoms with E-state index < -0.39 is 0 Å². The molecule has 0 aromatic heterocycles. The van der Waals surface area contributed by atoms with E-state index in [1.54, 1.807) is 14.2 Å². The Hall–Kier alpha value is -2.82. The van der Waals surface area contributed by atoms with E-state index in [1.807, 2.05) is 19.9 Å². The van der Waals surface area contributed by atoms with Crippen LogP contribution in [0, 0.1) is 13.8 Å². The van der Waals surface area contributed by atoms with Crippen LogP contribution in [0.5, 0.6) is 11.5 Å². The van der Waals surface area contributed by atoms with E-state index in [1.165, 1.54) is 5.56 Å². The van der Waals surface area contributed by atoms with E-state index in [4.69, 9.17) is 9.47 Å². The highest BCUT2D eigenvalue weighted by molar-refractivity contribution is 5.53. The summed E-state index contributed by atoms with van der Waals surface area (Å²) in [4.78, 5) is 0. The first-order valence-corrected chi connectivity index (χ1v) is 11.0. The fraction of sp³-hybridized carbons (Fsp3) is 0.357. The fourth-order valence-electron chi connectivity index (χ4n) is 4.64. The number of phenolic OH excluding ortho intramolecular Hbond substituents is 2. The monoisotopic (exact) mass is 434 g/mol. The fourth-order valence-corrected chi connectivity index (χ4v) is 4.64. The van der Waals surface area contributed by atoms with Gasteiger partial charge in [-0.25, -0.2) is 0 Å². The lowest BCUT2D eigenvalue weighted by Gasteiger charge is -2.36. The van der Waals surface area contributed by atoms with Gasteiger partial charge < -0.3 is 19.7 Å². The molecule has 4 nitrogen and oxygen atoms in total. The Balaban J connectivity index is 2.30. The van der Waals surface area contributed by atoms with Gasteiger partial charge in [-0.1, -0.05) is 49.4 Å². The first-order chi connectivity index (χ1) is 15.4. The highest BCUT2D eigenvalue weighted by Crippen LogP contribution is 2.43. The third kappa shape index (κ3) is 4.67. The molecule has 0 aliphatic heterocycles. The Morgan fingerprint density at radius 2 is 1.22 bits per heavy atom. The lowest BCUT2D eigenvalue weighted by atomic mass is 9.67. The van der Waals surface area contributed by atoms with Crippen LogP contribution in [0.15, 0.2) is 54.6 Å². The quantitative estimate of drug-likeness (QED) is 0.437. The van der Waals surface area contributed by atoms with E-state index in [0.29, 0.717) is 13.2 Å². The summed E-state index contributed by atoms with van der Waals surface area (Å²) in [5.74, 6) is 0.560. The maximum Gasteiger partial charge on any atom is 0.124 e. The van der Waals surface area contributed by atoms with Crippen molar-refractivity contribution in [3.8, 4) is 11.5 Å². The normalized spacial score (nSPS) is 11.7. The molecule has 0 fully saturated rings. The average Bonchev–Trinajstić information content (AvgIpc) is 2.79. The zero-order chi connectivity index (χ0) is 23.3. The summed E-state index contributed by atoms with van der Waals surface area (Å²) in [5, 5.41) is 21.2. The molecule has 0 amide bonds. The molecule has 3 aromatic rings. The Kier molecular flexibility index (Phi) is 7.60. The number of aromatic hydroxyl groups is 2. The Bertz CT molecular complexity index is 995. The van der Waals surface area contributed by atoms with Gasteiger partial charge in [0, 0.05) is 30.8 Å². The van der Waals surface area contributed by atoms with Crippen LogP contribution in [0.2, 0.25) is 0 Å². The number of benzene rings is 3. The summed E-state index contributed by atoms with van der Waals surface area (Å²) in [6.07, 6.45) is 1.63. The number of hydrogen-bond donors (Lipinski definition) is 2. The number of hydrogen-bond acceptors (Lipinski definition) is 4. The molecule has 2 N–H and O–H groups in total. The standard InChI is InChI=1S/C28H34O4/c1-6-28(16-21-10-8-7-9-11-21,24-12-19(2)26(29)22(14-24)17-31-4)25-13-20(3)27(30)23(15-25)18-32-5/h7-15,29-30H,6,16-18H2,1-5H3. The van der Waals surface area contributed by atoms with Crippen molar-refractivity contribution in [2.24, 2.45) is 0 Å². The van der Waals surface area contributed by atoms with Crippen molar-refractivity contribution in [1.82, 2.24) is 0 Å². The minimum Gasteiger partial charge on any atom is -0.507 e. The van der Waals surface area contributed by atoms with Crippen molar-refractivity contribution in [1.29, 1.82) is 0 Å². The summed E-state index contributed by atoms with van der Waals surface area (Å²) in [5.41, 5.74) is 6.33. The van der Waals surface area contributed by atoms with Gasteiger partial charge in [0.2, 0.25) is 0 Å². The second kappa shape index (κ2) is 10.2. The van der Waals surface area contributed by atoms with Gasteiger partial charge >= 0.3 is 0 Å². The molecule has 0 unspecified atom stereocenters. The molecule has 0 atom stereocenters. The second-order valence-corrected chi connectivity index (χ2v) is 8.57. The first-order valence-electron chi connectivity index (χ1n) is 11.0. The van der Waals surface area contributed by atoms with Crippen molar-refractivity contribution >= 4 is 0 Å². The molecular weight excluding hydrogens is 400 g/mol. The second-order valence-electron chi connectivity index (χ2n) is 8.57. The first kappa shape index (κ1) is 23.8. The van der Waals surface area contributed by atoms with E-state index in [2.05, 4.69) is 55.5 Å². The minimum absolute atomic E-state index is 0.280. The zero-order valence-electron chi connectivity index (χ0n) is 19.7.